The van der Waals surface area contributed by atoms with Gasteiger partial charge in [0.05, 0.1) is 17.4 Å². The van der Waals surface area contributed by atoms with Crippen LogP contribution in [0, 0.1) is 11.7 Å². The maximum absolute atomic E-state index is 14.7. The monoisotopic (exact) mass is 398 g/mol. The topological polar surface area (TPSA) is 119 Å². The molecule has 2 fully saturated rings. The average Bonchev–Trinajstić information content (AvgIpc) is 3.57. The molecule has 2 aliphatic rings. The van der Waals surface area contributed by atoms with Gasteiger partial charge in [0, 0.05) is 18.3 Å². The summed E-state index contributed by atoms with van der Waals surface area (Å²) >= 11 is 0. The van der Waals surface area contributed by atoms with E-state index < -0.39 is 11.7 Å². The first-order valence-electron chi connectivity index (χ1n) is 10.1. The third-order valence-electron chi connectivity index (χ3n) is 5.55. The van der Waals surface area contributed by atoms with Crippen LogP contribution in [0.25, 0.3) is 0 Å². The van der Waals surface area contributed by atoms with E-state index in [9.17, 15) is 9.18 Å². The quantitative estimate of drug-likeness (QED) is 0.515. The molecular weight excluding hydrogens is 371 g/mol. The fourth-order valence-corrected chi connectivity index (χ4v) is 3.47. The lowest BCUT2D eigenvalue weighted by Gasteiger charge is -2.24. The molecule has 0 unspecified atom stereocenters. The van der Waals surface area contributed by atoms with Crippen LogP contribution in [0.1, 0.15) is 60.9 Å². The molecule has 6 N–H and O–H groups in total. The van der Waals surface area contributed by atoms with Gasteiger partial charge in [-0.2, -0.15) is 0 Å². The summed E-state index contributed by atoms with van der Waals surface area (Å²) in [5, 5.41) is 6.22. The van der Waals surface area contributed by atoms with Gasteiger partial charge in [0.1, 0.15) is 5.82 Å². The first-order chi connectivity index (χ1) is 13.9. The molecule has 2 atom stereocenters. The number of anilines is 3. The van der Waals surface area contributed by atoms with Crippen LogP contribution in [0.15, 0.2) is 24.5 Å². The Bertz CT molecular complexity index is 910. The van der Waals surface area contributed by atoms with E-state index in [0.717, 1.165) is 30.9 Å². The second-order valence-electron chi connectivity index (χ2n) is 8.27. The standard InChI is InChI=1S/C21H27FN6O/c1-11(23)18(6-12-2-3-12)27-21-17(22)8-16(19(24)29)20(28-21)26-15-7-14(9-25-10-15)13-4-5-13/h7-13,18H,2-6,23H2,1H3,(H2,24,29)(H2,26,27,28)/t11-,18+/m0/s1. The summed E-state index contributed by atoms with van der Waals surface area (Å²) in [5.74, 6) is 0.0414. The SMILES string of the molecule is C[C@H](N)[C@@H](CC1CC1)Nc1nc(Nc2cncc(C3CC3)c2)c(C(N)=O)cc1F. The van der Waals surface area contributed by atoms with Gasteiger partial charge < -0.3 is 22.1 Å². The van der Waals surface area contributed by atoms with E-state index in [2.05, 4.69) is 20.6 Å². The number of nitrogens with two attached hydrogens (primary N) is 2. The zero-order chi connectivity index (χ0) is 20.5. The minimum Gasteiger partial charge on any atom is -0.365 e. The normalized spacial score (nSPS) is 18.2. The first kappa shape index (κ1) is 19.6. The number of halogens is 1. The van der Waals surface area contributed by atoms with Crippen LogP contribution in [-0.4, -0.2) is 28.0 Å². The maximum atomic E-state index is 14.7. The number of amides is 1. The molecule has 0 aliphatic heterocycles. The van der Waals surface area contributed by atoms with Gasteiger partial charge in [0.25, 0.3) is 5.91 Å². The van der Waals surface area contributed by atoms with Crippen LogP contribution in [0.2, 0.25) is 0 Å². The Morgan fingerprint density at radius 3 is 2.62 bits per heavy atom. The molecule has 0 radical (unpaired) electrons. The van der Waals surface area contributed by atoms with Crippen molar-refractivity contribution in [1.82, 2.24) is 9.97 Å². The number of carbonyl (C=O) groups excluding carboxylic acids is 1. The molecule has 2 heterocycles. The molecule has 2 saturated carbocycles. The highest BCUT2D eigenvalue weighted by atomic mass is 19.1. The van der Waals surface area contributed by atoms with Crippen molar-refractivity contribution in [3.8, 4) is 0 Å². The molecule has 154 valence electrons. The van der Waals surface area contributed by atoms with Crippen molar-refractivity contribution in [2.75, 3.05) is 10.6 Å². The van der Waals surface area contributed by atoms with Crippen molar-refractivity contribution in [3.63, 3.8) is 0 Å². The van der Waals surface area contributed by atoms with Crippen LogP contribution in [0.3, 0.4) is 0 Å². The first-order valence-corrected chi connectivity index (χ1v) is 10.1. The van der Waals surface area contributed by atoms with Gasteiger partial charge in [-0.3, -0.25) is 9.78 Å². The number of hydrogen-bond donors (Lipinski definition) is 4. The number of carbonyl (C=O) groups is 1. The number of nitrogens with zero attached hydrogens (tertiary/aromatic N) is 2. The van der Waals surface area contributed by atoms with Crippen molar-refractivity contribution in [2.24, 2.45) is 17.4 Å². The van der Waals surface area contributed by atoms with Gasteiger partial charge in [-0.05, 0) is 55.7 Å². The van der Waals surface area contributed by atoms with Crippen molar-refractivity contribution in [2.45, 2.75) is 57.0 Å². The highest BCUT2D eigenvalue weighted by Gasteiger charge is 2.28. The number of hydrogen-bond acceptors (Lipinski definition) is 6. The number of nitrogens with one attached hydrogen (secondary N) is 2. The van der Waals surface area contributed by atoms with E-state index in [4.69, 9.17) is 11.5 Å². The molecule has 8 heteroatoms. The Balaban J connectivity index is 1.61. The molecule has 2 aromatic rings. The van der Waals surface area contributed by atoms with Gasteiger partial charge in [-0.1, -0.05) is 12.8 Å². The number of rotatable bonds is 9. The average molecular weight is 398 g/mol. The van der Waals surface area contributed by atoms with E-state index in [1.807, 2.05) is 19.2 Å². The molecule has 0 aromatic carbocycles. The number of primary amides is 1. The van der Waals surface area contributed by atoms with Crippen LogP contribution in [-0.2, 0) is 0 Å². The molecule has 0 spiro atoms. The second kappa shape index (κ2) is 7.94. The fraction of sp³-hybridized carbons (Fsp3) is 0.476. The lowest BCUT2D eigenvalue weighted by atomic mass is 10.0. The summed E-state index contributed by atoms with van der Waals surface area (Å²) in [6, 6.07) is 2.83. The third kappa shape index (κ3) is 4.82. The van der Waals surface area contributed by atoms with E-state index >= 15 is 0 Å². The summed E-state index contributed by atoms with van der Waals surface area (Å²) in [6.45, 7) is 1.89. The largest absolute Gasteiger partial charge is 0.365 e. The van der Waals surface area contributed by atoms with Gasteiger partial charge in [-0.15, -0.1) is 0 Å². The second-order valence-corrected chi connectivity index (χ2v) is 8.27. The minimum atomic E-state index is -0.751. The van der Waals surface area contributed by atoms with Crippen LogP contribution in [0.4, 0.5) is 21.7 Å². The number of aromatic nitrogens is 2. The number of pyridine rings is 2. The third-order valence-corrected chi connectivity index (χ3v) is 5.55. The van der Waals surface area contributed by atoms with Crippen molar-refractivity contribution < 1.29 is 9.18 Å². The predicted molar refractivity (Wildman–Crippen MR) is 111 cm³/mol. The minimum absolute atomic E-state index is 0.00980. The van der Waals surface area contributed by atoms with Crippen molar-refractivity contribution in [1.29, 1.82) is 0 Å². The Labute approximate surface area is 169 Å². The molecule has 0 bridgehead atoms. The molecule has 29 heavy (non-hydrogen) atoms. The van der Waals surface area contributed by atoms with Gasteiger partial charge in [0.2, 0.25) is 0 Å². The summed E-state index contributed by atoms with van der Waals surface area (Å²) in [6.07, 6.45) is 9.02. The van der Waals surface area contributed by atoms with Gasteiger partial charge in [0.15, 0.2) is 11.6 Å². The van der Waals surface area contributed by atoms with Gasteiger partial charge >= 0.3 is 0 Å². The summed E-state index contributed by atoms with van der Waals surface area (Å²) in [4.78, 5) is 20.5. The maximum Gasteiger partial charge on any atom is 0.252 e. The van der Waals surface area contributed by atoms with E-state index in [1.54, 1.807) is 6.20 Å². The Morgan fingerprint density at radius 1 is 1.24 bits per heavy atom. The Kier molecular flexibility index (Phi) is 5.36. The van der Waals surface area contributed by atoms with Crippen molar-refractivity contribution >= 4 is 23.2 Å². The van der Waals surface area contributed by atoms with Crippen molar-refractivity contribution in [3.05, 3.63) is 41.5 Å². The smallest absolute Gasteiger partial charge is 0.252 e. The molecule has 2 aliphatic carbocycles. The summed E-state index contributed by atoms with van der Waals surface area (Å²) in [7, 11) is 0. The lowest BCUT2D eigenvalue weighted by molar-refractivity contribution is 0.100. The molecule has 7 nitrogen and oxygen atoms in total. The predicted octanol–water partition coefficient (Wildman–Crippen LogP) is 3.26. The molecule has 1 amide bonds. The summed E-state index contributed by atoms with van der Waals surface area (Å²) in [5.41, 5.74) is 13.4. The zero-order valence-electron chi connectivity index (χ0n) is 16.5. The van der Waals surface area contributed by atoms with Crippen LogP contribution >= 0.6 is 0 Å². The summed E-state index contributed by atoms with van der Waals surface area (Å²) < 4.78 is 14.7. The lowest BCUT2D eigenvalue weighted by Crippen LogP contribution is -2.39. The van der Waals surface area contributed by atoms with E-state index in [-0.39, 0.29) is 29.3 Å². The fourth-order valence-electron chi connectivity index (χ4n) is 3.47. The highest BCUT2D eigenvalue weighted by molar-refractivity contribution is 5.98. The Morgan fingerprint density at radius 2 is 2.00 bits per heavy atom. The molecule has 4 rings (SSSR count). The molecule has 0 saturated heterocycles. The molecular formula is C21H27FN6O. The van der Waals surface area contributed by atoms with Gasteiger partial charge in [-0.25, -0.2) is 9.37 Å². The van der Waals surface area contributed by atoms with E-state index in [0.29, 0.717) is 17.5 Å². The van der Waals surface area contributed by atoms with Crippen LogP contribution in [0.5, 0.6) is 0 Å². The van der Waals surface area contributed by atoms with Crippen LogP contribution < -0.4 is 22.1 Å². The highest BCUT2D eigenvalue weighted by Crippen LogP contribution is 2.40. The molecule has 2 aromatic heterocycles. The Hall–Kier alpha value is -2.74. The zero-order valence-corrected chi connectivity index (χ0v) is 16.5. The van der Waals surface area contributed by atoms with E-state index in [1.165, 1.54) is 12.8 Å².